The Morgan fingerprint density at radius 2 is 1.79 bits per heavy atom. The van der Waals surface area contributed by atoms with E-state index >= 15 is 0 Å². The molecule has 1 amide bonds. The van der Waals surface area contributed by atoms with Crippen molar-refractivity contribution in [3.05, 3.63) is 0 Å². The smallest absolute Gasteiger partial charge is 0.220 e. The first-order chi connectivity index (χ1) is 9.29. The molecular formula is C15H26ClNOS. The summed E-state index contributed by atoms with van der Waals surface area (Å²) in [4.78, 5) is 12.0. The van der Waals surface area contributed by atoms with E-state index in [-0.39, 0.29) is 5.91 Å². The maximum atomic E-state index is 12.0. The quantitative estimate of drug-likeness (QED) is 0.785. The predicted molar refractivity (Wildman–Crippen MR) is 83.8 cm³/mol. The van der Waals surface area contributed by atoms with Crippen molar-refractivity contribution in [2.45, 2.75) is 44.9 Å². The van der Waals surface area contributed by atoms with Gasteiger partial charge in [-0.2, -0.15) is 11.8 Å². The van der Waals surface area contributed by atoms with E-state index in [9.17, 15) is 4.79 Å². The number of hydrogen-bond acceptors (Lipinski definition) is 2. The van der Waals surface area contributed by atoms with E-state index in [4.69, 9.17) is 11.6 Å². The molecule has 110 valence electrons. The van der Waals surface area contributed by atoms with Crippen LogP contribution in [0.3, 0.4) is 0 Å². The van der Waals surface area contributed by atoms with Gasteiger partial charge in [0.1, 0.15) is 0 Å². The van der Waals surface area contributed by atoms with E-state index in [1.807, 2.05) is 11.8 Å². The largest absolute Gasteiger partial charge is 0.356 e. The number of thioether (sulfide) groups is 1. The van der Waals surface area contributed by atoms with Crippen LogP contribution in [0.25, 0.3) is 0 Å². The zero-order valence-corrected chi connectivity index (χ0v) is 13.3. The predicted octanol–water partition coefficient (Wildman–Crippen LogP) is 3.68. The third-order valence-electron chi connectivity index (χ3n) is 4.64. The maximum Gasteiger partial charge on any atom is 0.220 e. The standard InChI is InChI=1S/C15H26ClNOS/c16-10-13-3-1-2-4-14(13)11-17-15(18)9-12-5-7-19-8-6-12/h12-14H,1-11H2,(H,17,18). The van der Waals surface area contributed by atoms with Crippen molar-refractivity contribution >= 4 is 29.3 Å². The van der Waals surface area contributed by atoms with Gasteiger partial charge in [0, 0.05) is 18.8 Å². The summed E-state index contributed by atoms with van der Waals surface area (Å²) in [5, 5.41) is 3.16. The summed E-state index contributed by atoms with van der Waals surface area (Å²) in [7, 11) is 0. The van der Waals surface area contributed by atoms with Crippen LogP contribution in [0.5, 0.6) is 0 Å². The first kappa shape index (κ1) is 15.5. The Morgan fingerprint density at radius 1 is 1.11 bits per heavy atom. The van der Waals surface area contributed by atoms with Crippen molar-refractivity contribution in [2.24, 2.45) is 17.8 Å². The summed E-state index contributed by atoms with van der Waals surface area (Å²) in [5.74, 6) is 5.32. The molecule has 1 N–H and O–H groups in total. The monoisotopic (exact) mass is 303 g/mol. The number of hydrogen-bond donors (Lipinski definition) is 1. The molecule has 0 radical (unpaired) electrons. The third-order valence-corrected chi connectivity index (χ3v) is 6.09. The molecule has 2 nitrogen and oxygen atoms in total. The van der Waals surface area contributed by atoms with Gasteiger partial charge in [0.05, 0.1) is 0 Å². The zero-order valence-electron chi connectivity index (χ0n) is 11.7. The number of alkyl halides is 1. The van der Waals surface area contributed by atoms with Crippen LogP contribution < -0.4 is 5.32 Å². The van der Waals surface area contributed by atoms with E-state index in [1.54, 1.807) is 0 Å². The minimum absolute atomic E-state index is 0.260. The molecule has 1 aliphatic heterocycles. The molecular weight excluding hydrogens is 278 g/mol. The lowest BCUT2D eigenvalue weighted by Gasteiger charge is -2.30. The Bertz CT molecular complexity index is 281. The van der Waals surface area contributed by atoms with Crippen molar-refractivity contribution in [2.75, 3.05) is 23.9 Å². The molecule has 0 aromatic heterocycles. The van der Waals surface area contributed by atoms with Crippen LogP contribution in [0, 0.1) is 17.8 Å². The molecule has 2 atom stereocenters. The Labute approximate surface area is 126 Å². The van der Waals surface area contributed by atoms with E-state index < -0.39 is 0 Å². The number of rotatable bonds is 5. The van der Waals surface area contributed by atoms with Gasteiger partial charge in [-0.3, -0.25) is 4.79 Å². The van der Waals surface area contributed by atoms with Crippen molar-refractivity contribution in [3.8, 4) is 0 Å². The van der Waals surface area contributed by atoms with Crippen LogP contribution in [-0.4, -0.2) is 29.8 Å². The lowest BCUT2D eigenvalue weighted by molar-refractivity contribution is -0.122. The molecule has 0 bridgehead atoms. The van der Waals surface area contributed by atoms with Crippen LogP contribution >= 0.6 is 23.4 Å². The van der Waals surface area contributed by atoms with Gasteiger partial charge in [0.2, 0.25) is 5.91 Å². The summed E-state index contributed by atoms with van der Waals surface area (Å²) >= 11 is 8.05. The molecule has 2 aliphatic rings. The van der Waals surface area contributed by atoms with Gasteiger partial charge in [-0.1, -0.05) is 12.8 Å². The summed E-state index contributed by atoms with van der Waals surface area (Å²) in [6.45, 7) is 0.845. The van der Waals surface area contributed by atoms with Gasteiger partial charge in [-0.15, -0.1) is 11.6 Å². The highest BCUT2D eigenvalue weighted by Gasteiger charge is 2.25. The Kier molecular flexibility index (Phi) is 6.86. The fourth-order valence-electron chi connectivity index (χ4n) is 3.29. The van der Waals surface area contributed by atoms with Gasteiger partial charge in [-0.05, 0) is 54.9 Å². The van der Waals surface area contributed by atoms with Gasteiger partial charge >= 0.3 is 0 Å². The summed E-state index contributed by atoms with van der Waals surface area (Å²) in [6.07, 6.45) is 8.24. The third kappa shape index (κ3) is 5.18. The lowest BCUT2D eigenvalue weighted by Crippen LogP contribution is -2.35. The zero-order chi connectivity index (χ0) is 13.5. The molecule has 1 heterocycles. The van der Waals surface area contributed by atoms with Crippen molar-refractivity contribution in [1.82, 2.24) is 5.32 Å². The second kappa shape index (κ2) is 8.41. The van der Waals surface area contributed by atoms with Crippen LogP contribution in [0.2, 0.25) is 0 Å². The summed E-state index contributed by atoms with van der Waals surface area (Å²) in [5.41, 5.74) is 0. The highest BCUT2D eigenvalue weighted by Crippen LogP contribution is 2.30. The molecule has 4 heteroatoms. The molecule has 2 unspecified atom stereocenters. The van der Waals surface area contributed by atoms with Crippen molar-refractivity contribution in [3.63, 3.8) is 0 Å². The van der Waals surface area contributed by atoms with Gasteiger partial charge < -0.3 is 5.32 Å². The highest BCUT2D eigenvalue weighted by atomic mass is 35.5. The Hall–Kier alpha value is 0.110. The summed E-state index contributed by atoms with van der Waals surface area (Å²) in [6, 6.07) is 0. The topological polar surface area (TPSA) is 29.1 Å². The van der Waals surface area contributed by atoms with E-state index in [2.05, 4.69) is 5.32 Å². The molecule has 1 saturated heterocycles. The van der Waals surface area contributed by atoms with E-state index in [0.717, 1.165) is 18.8 Å². The number of nitrogens with one attached hydrogen (secondary N) is 1. The fourth-order valence-corrected chi connectivity index (χ4v) is 4.90. The van der Waals surface area contributed by atoms with Crippen molar-refractivity contribution < 1.29 is 4.79 Å². The Balaban J connectivity index is 1.67. The molecule has 2 fully saturated rings. The minimum atomic E-state index is 0.260. The normalized spacial score (nSPS) is 29.1. The average Bonchev–Trinajstić information content (AvgIpc) is 2.46. The SMILES string of the molecule is O=C(CC1CCSCC1)NCC1CCCCC1CCl. The minimum Gasteiger partial charge on any atom is -0.356 e. The highest BCUT2D eigenvalue weighted by molar-refractivity contribution is 7.99. The van der Waals surface area contributed by atoms with Gasteiger partial charge in [0.25, 0.3) is 0 Å². The van der Waals surface area contributed by atoms with Crippen LogP contribution in [0.4, 0.5) is 0 Å². The lowest BCUT2D eigenvalue weighted by atomic mass is 9.80. The molecule has 2 rings (SSSR count). The number of halogens is 1. The van der Waals surface area contributed by atoms with Crippen LogP contribution in [-0.2, 0) is 4.79 Å². The molecule has 1 aliphatic carbocycles. The molecule has 1 saturated carbocycles. The van der Waals surface area contributed by atoms with E-state index in [0.29, 0.717) is 17.8 Å². The van der Waals surface area contributed by atoms with Crippen molar-refractivity contribution in [1.29, 1.82) is 0 Å². The van der Waals surface area contributed by atoms with Crippen LogP contribution in [0.15, 0.2) is 0 Å². The van der Waals surface area contributed by atoms with Gasteiger partial charge in [-0.25, -0.2) is 0 Å². The van der Waals surface area contributed by atoms with E-state index in [1.165, 1.54) is 50.0 Å². The number of amides is 1. The van der Waals surface area contributed by atoms with Gasteiger partial charge in [0.15, 0.2) is 0 Å². The average molecular weight is 304 g/mol. The Morgan fingerprint density at radius 3 is 2.47 bits per heavy atom. The molecule has 0 aromatic rings. The maximum absolute atomic E-state index is 12.0. The fraction of sp³-hybridized carbons (Fsp3) is 0.933. The first-order valence-corrected chi connectivity index (χ1v) is 9.39. The first-order valence-electron chi connectivity index (χ1n) is 7.70. The molecule has 0 aromatic carbocycles. The summed E-state index contributed by atoms with van der Waals surface area (Å²) < 4.78 is 0. The second-order valence-corrected chi connectivity index (χ2v) is 7.56. The number of carbonyl (C=O) groups is 1. The second-order valence-electron chi connectivity index (χ2n) is 6.02. The molecule has 0 spiro atoms. The van der Waals surface area contributed by atoms with Crippen LogP contribution in [0.1, 0.15) is 44.9 Å². The molecule has 19 heavy (non-hydrogen) atoms. The number of carbonyl (C=O) groups excluding carboxylic acids is 1.